The maximum atomic E-state index is 12.0. The molecule has 1 aromatic carbocycles. The molecule has 0 aliphatic heterocycles. The van der Waals surface area contributed by atoms with Crippen LogP contribution in [0.15, 0.2) is 65.3 Å². The average Bonchev–Trinajstić information content (AvgIpc) is 2.64. The quantitative estimate of drug-likeness (QED) is 0.392. The second-order valence-electron chi connectivity index (χ2n) is 5.80. The van der Waals surface area contributed by atoms with Crippen molar-refractivity contribution in [3.05, 3.63) is 65.8 Å². The molecule has 1 amide bonds. The number of hydrogen-bond acceptors (Lipinski definition) is 3. The number of nitrogens with zero attached hydrogens (tertiary/aromatic N) is 1. The summed E-state index contributed by atoms with van der Waals surface area (Å²) < 4.78 is 0. The number of carbonyl (C=O) groups excluding carboxylic acids is 1. The van der Waals surface area contributed by atoms with Crippen molar-refractivity contribution in [2.45, 2.75) is 40.0 Å². The van der Waals surface area contributed by atoms with Crippen molar-refractivity contribution in [3.63, 3.8) is 0 Å². The molecule has 0 aliphatic rings. The van der Waals surface area contributed by atoms with Crippen LogP contribution in [-0.2, 0) is 11.2 Å². The van der Waals surface area contributed by atoms with Gasteiger partial charge in [0.2, 0.25) is 5.91 Å². The Bertz CT molecular complexity index is 667. The number of amides is 1. The highest BCUT2D eigenvalue weighted by Crippen LogP contribution is 2.11. The summed E-state index contributed by atoms with van der Waals surface area (Å²) in [5.41, 5.74) is 7.61. The zero-order chi connectivity index (χ0) is 18.7. The molecule has 2 N–H and O–H groups in total. The van der Waals surface area contributed by atoms with E-state index < -0.39 is 0 Å². The van der Waals surface area contributed by atoms with Crippen molar-refractivity contribution in [1.82, 2.24) is 5.43 Å². The summed E-state index contributed by atoms with van der Waals surface area (Å²) in [5, 5.41) is 7.28. The summed E-state index contributed by atoms with van der Waals surface area (Å²) in [6, 6.07) is 8.05. The van der Waals surface area contributed by atoms with Crippen LogP contribution in [0.2, 0.25) is 0 Å². The molecule has 0 atom stereocenters. The third kappa shape index (κ3) is 7.21. The van der Waals surface area contributed by atoms with Crippen LogP contribution in [0.1, 0.15) is 39.2 Å². The zero-order valence-electron chi connectivity index (χ0n) is 15.7. The SMILES string of the molecule is C=CC(=N\NC(=O)CCc1ccc(NC)cc1)/C(C)=C(C)/C=C\CC. The Kier molecular flexibility index (Phi) is 9.01. The van der Waals surface area contributed by atoms with Crippen LogP contribution in [0.25, 0.3) is 0 Å². The van der Waals surface area contributed by atoms with E-state index in [9.17, 15) is 4.79 Å². The van der Waals surface area contributed by atoms with Gasteiger partial charge in [-0.3, -0.25) is 4.79 Å². The fourth-order valence-electron chi connectivity index (χ4n) is 2.18. The van der Waals surface area contributed by atoms with E-state index in [0.29, 0.717) is 18.6 Å². The number of carbonyl (C=O) groups is 1. The number of hydrogen-bond donors (Lipinski definition) is 2. The first-order valence-electron chi connectivity index (χ1n) is 8.61. The molecular formula is C21H29N3O. The summed E-state index contributed by atoms with van der Waals surface area (Å²) in [4.78, 5) is 12.0. The summed E-state index contributed by atoms with van der Waals surface area (Å²) >= 11 is 0. The number of allylic oxidation sites excluding steroid dienone is 5. The first kappa shape index (κ1) is 20.4. The van der Waals surface area contributed by atoms with Gasteiger partial charge in [0, 0.05) is 19.2 Å². The van der Waals surface area contributed by atoms with Gasteiger partial charge in [-0.2, -0.15) is 5.10 Å². The fourth-order valence-corrected chi connectivity index (χ4v) is 2.18. The lowest BCUT2D eigenvalue weighted by Gasteiger charge is -2.06. The molecule has 4 nitrogen and oxygen atoms in total. The molecule has 0 spiro atoms. The Morgan fingerprint density at radius 1 is 1.24 bits per heavy atom. The number of aryl methyl sites for hydroxylation is 1. The Morgan fingerprint density at radius 3 is 2.48 bits per heavy atom. The molecule has 0 radical (unpaired) electrons. The Hall–Kier alpha value is -2.62. The third-order valence-electron chi connectivity index (χ3n) is 3.96. The van der Waals surface area contributed by atoms with E-state index in [1.165, 1.54) is 0 Å². The first-order valence-corrected chi connectivity index (χ1v) is 8.61. The lowest BCUT2D eigenvalue weighted by molar-refractivity contribution is -0.121. The van der Waals surface area contributed by atoms with Gasteiger partial charge in [0.05, 0.1) is 5.71 Å². The molecular weight excluding hydrogens is 310 g/mol. The summed E-state index contributed by atoms with van der Waals surface area (Å²) in [5.74, 6) is -0.105. The Balaban J connectivity index is 2.63. The van der Waals surface area contributed by atoms with Gasteiger partial charge in [-0.15, -0.1) is 0 Å². The smallest absolute Gasteiger partial charge is 0.240 e. The summed E-state index contributed by atoms with van der Waals surface area (Å²) in [6.45, 7) is 9.88. The number of rotatable bonds is 9. The highest BCUT2D eigenvalue weighted by molar-refractivity contribution is 6.08. The Labute approximate surface area is 151 Å². The van der Waals surface area contributed by atoms with Crippen LogP contribution < -0.4 is 10.7 Å². The maximum absolute atomic E-state index is 12.0. The van der Waals surface area contributed by atoms with E-state index in [4.69, 9.17) is 0 Å². The standard InChI is InChI=1S/C21H29N3O/c1-6-8-9-16(3)17(4)20(7-2)23-24-21(25)15-12-18-10-13-19(22-5)14-11-18/h7-11,13-14,22H,2,6,12,15H2,1,3-5H3,(H,24,25)/b9-8-,17-16+,23-20+. The van der Waals surface area contributed by atoms with Gasteiger partial charge in [0.1, 0.15) is 0 Å². The number of nitrogens with one attached hydrogen (secondary N) is 2. The van der Waals surface area contributed by atoms with Crippen LogP contribution in [0.5, 0.6) is 0 Å². The van der Waals surface area contributed by atoms with E-state index in [0.717, 1.165) is 28.8 Å². The molecule has 0 heterocycles. The Morgan fingerprint density at radius 2 is 1.92 bits per heavy atom. The van der Waals surface area contributed by atoms with Crippen LogP contribution in [0.3, 0.4) is 0 Å². The minimum atomic E-state index is -0.105. The molecule has 4 heteroatoms. The van der Waals surface area contributed by atoms with Crippen LogP contribution >= 0.6 is 0 Å². The van der Waals surface area contributed by atoms with Gasteiger partial charge in [0.15, 0.2) is 0 Å². The highest BCUT2D eigenvalue weighted by atomic mass is 16.2. The van der Waals surface area contributed by atoms with E-state index in [2.05, 4.69) is 41.5 Å². The second kappa shape index (κ2) is 11.0. The van der Waals surface area contributed by atoms with E-state index in [1.807, 2.05) is 45.2 Å². The molecule has 1 aromatic rings. The van der Waals surface area contributed by atoms with Gasteiger partial charge < -0.3 is 5.32 Å². The number of hydrazone groups is 1. The zero-order valence-corrected chi connectivity index (χ0v) is 15.7. The second-order valence-corrected chi connectivity index (χ2v) is 5.80. The highest BCUT2D eigenvalue weighted by Gasteiger charge is 2.04. The molecule has 0 saturated heterocycles. The van der Waals surface area contributed by atoms with Crippen molar-refractivity contribution in [2.75, 3.05) is 12.4 Å². The van der Waals surface area contributed by atoms with Crippen LogP contribution in [-0.4, -0.2) is 18.7 Å². The lowest BCUT2D eigenvalue weighted by Crippen LogP contribution is -2.20. The molecule has 1 rings (SSSR count). The van der Waals surface area contributed by atoms with Gasteiger partial charge in [-0.05, 0) is 61.6 Å². The average molecular weight is 339 g/mol. The van der Waals surface area contributed by atoms with Gasteiger partial charge in [-0.25, -0.2) is 5.43 Å². The normalized spacial score (nSPS) is 12.7. The largest absolute Gasteiger partial charge is 0.388 e. The third-order valence-corrected chi connectivity index (χ3v) is 3.96. The lowest BCUT2D eigenvalue weighted by atomic mass is 10.1. The maximum Gasteiger partial charge on any atom is 0.240 e. The van der Waals surface area contributed by atoms with Crippen LogP contribution in [0, 0.1) is 0 Å². The van der Waals surface area contributed by atoms with Gasteiger partial charge >= 0.3 is 0 Å². The summed E-state index contributed by atoms with van der Waals surface area (Å²) in [6.07, 6.45) is 7.88. The molecule has 0 bridgehead atoms. The van der Waals surface area contributed by atoms with Gasteiger partial charge in [0.25, 0.3) is 0 Å². The first-order chi connectivity index (χ1) is 12.0. The molecule has 0 aromatic heterocycles. The van der Waals surface area contributed by atoms with Crippen molar-refractivity contribution in [3.8, 4) is 0 Å². The molecule has 25 heavy (non-hydrogen) atoms. The minimum absolute atomic E-state index is 0.105. The molecule has 0 aliphatic carbocycles. The van der Waals surface area contributed by atoms with Gasteiger partial charge in [-0.1, -0.05) is 37.8 Å². The fraction of sp³-hybridized carbons (Fsp3) is 0.333. The summed E-state index contributed by atoms with van der Waals surface area (Å²) in [7, 11) is 1.88. The topological polar surface area (TPSA) is 53.5 Å². The van der Waals surface area contributed by atoms with E-state index in [1.54, 1.807) is 6.08 Å². The number of anilines is 1. The van der Waals surface area contributed by atoms with E-state index in [-0.39, 0.29) is 5.91 Å². The predicted octanol–water partition coefficient (Wildman–Crippen LogP) is 4.62. The van der Waals surface area contributed by atoms with Crippen molar-refractivity contribution < 1.29 is 4.79 Å². The molecule has 134 valence electrons. The molecule has 0 fully saturated rings. The van der Waals surface area contributed by atoms with Crippen LogP contribution in [0.4, 0.5) is 5.69 Å². The molecule has 0 saturated carbocycles. The van der Waals surface area contributed by atoms with Crippen molar-refractivity contribution >= 4 is 17.3 Å². The molecule has 0 unspecified atom stereocenters. The number of benzene rings is 1. The van der Waals surface area contributed by atoms with E-state index >= 15 is 0 Å². The van der Waals surface area contributed by atoms with Crippen molar-refractivity contribution in [1.29, 1.82) is 0 Å². The van der Waals surface area contributed by atoms with Crippen molar-refractivity contribution in [2.24, 2.45) is 5.10 Å². The monoisotopic (exact) mass is 339 g/mol. The minimum Gasteiger partial charge on any atom is -0.388 e. The predicted molar refractivity (Wildman–Crippen MR) is 108 cm³/mol.